The van der Waals surface area contributed by atoms with Gasteiger partial charge < -0.3 is 10.2 Å². The zero-order valence-electron chi connectivity index (χ0n) is 17.0. The van der Waals surface area contributed by atoms with Gasteiger partial charge in [-0.3, -0.25) is 9.59 Å². The van der Waals surface area contributed by atoms with E-state index in [9.17, 15) is 18.4 Å². The van der Waals surface area contributed by atoms with Crippen molar-refractivity contribution < 1.29 is 18.4 Å². The molecule has 0 spiro atoms. The standard InChI is InChI=1S/C23H28F2N2O2/c1-3-5-14-26-23(29)21(4-2)27(16-18-8-12-20(25)13-9-18)22(28)15-17-6-10-19(24)11-7-17/h6-13,21H,3-5,14-16H2,1-2H3,(H,26,29)/t21-/m1/s1. The van der Waals surface area contributed by atoms with Gasteiger partial charge in [0.1, 0.15) is 17.7 Å². The van der Waals surface area contributed by atoms with Crippen molar-refractivity contribution in [2.75, 3.05) is 6.54 Å². The predicted octanol–water partition coefficient (Wildman–Crippen LogP) is 4.23. The topological polar surface area (TPSA) is 49.4 Å². The third kappa shape index (κ3) is 6.97. The van der Waals surface area contributed by atoms with Gasteiger partial charge in [-0.25, -0.2) is 8.78 Å². The molecule has 0 bridgehead atoms. The van der Waals surface area contributed by atoms with Crippen LogP contribution in [-0.2, 0) is 22.6 Å². The lowest BCUT2D eigenvalue weighted by molar-refractivity contribution is -0.140. The van der Waals surface area contributed by atoms with Crippen LogP contribution < -0.4 is 5.32 Å². The molecule has 0 radical (unpaired) electrons. The summed E-state index contributed by atoms with van der Waals surface area (Å²) in [6.07, 6.45) is 2.33. The minimum atomic E-state index is -0.634. The summed E-state index contributed by atoms with van der Waals surface area (Å²) in [5.41, 5.74) is 1.40. The Kier molecular flexibility index (Phi) is 8.77. The molecule has 2 aromatic carbocycles. The van der Waals surface area contributed by atoms with Gasteiger partial charge in [-0.05, 0) is 48.2 Å². The Labute approximate surface area is 170 Å². The SMILES string of the molecule is CCCCNC(=O)[C@@H](CC)N(Cc1ccc(F)cc1)C(=O)Cc1ccc(F)cc1. The first-order valence-corrected chi connectivity index (χ1v) is 10.0. The maximum absolute atomic E-state index is 13.3. The third-order valence-electron chi connectivity index (χ3n) is 4.75. The summed E-state index contributed by atoms with van der Waals surface area (Å²) < 4.78 is 26.4. The number of nitrogens with one attached hydrogen (secondary N) is 1. The highest BCUT2D eigenvalue weighted by molar-refractivity contribution is 5.88. The number of benzene rings is 2. The molecule has 0 unspecified atom stereocenters. The number of nitrogens with zero attached hydrogens (tertiary/aromatic N) is 1. The maximum Gasteiger partial charge on any atom is 0.242 e. The fourth-order valence-corrected chi connectivity index (χ4v) is 3.09. The lowest BCUT2D eigenvalue weighted by Gasteiger charge is -2.31. The summed E-state index contributed by atoms with van der Waals surface area (Å²) in [5, 5.41) is 2.89. The molecule has 1 atom stereocenters. The second-order valence-electron chi connectivity index (χ2n) is 7.02. The molecule has 0 aromatic heterocycles. The monoisotopic (exact) mass is 402 g/mol. The lowest BCUT2D eigenvalue weighted by atomic mass is 10.1. The number of carbonyl (C=O) groups excluding carboxylic acids is 2. The number of hydrogen-bond donors (Lipinski definition) is 1. The van der Waals surface area contributed by atoms with E-state index in [4.69, 9.17) is 0 Å². The first-order chi connectivity index (χ1) is 13.9. The van der Waals surface area contributed by atoms with E-state index >= 15 is 0 Å². The zero-order valence-corrected chi connectivity index (χ0v) is 17.0. The number of amides is 2. The van der Waals surface area contributed by atoms with Crippen LogP contribution in [0.4, 0.5) is 8.78 Å². The van der Waals surface area contributed by atoms with Crippen molar-refractivity contribution in [1.29, 1.82) is 0 Å². The number of unbranched alkanes of at least 4 members (excludes halogenated alkanes) is 1. The van der Waals surface area contributed by atoms with Crippen LogP contribution in [0.1, 0.15) is 44.2 Å². The molecule has 29 heavy (non-hydrogen) atoms. The van der Waals surface area contributed by atoms with Crippen molar-refractivity contribution in [3.8, 4) is 0 Å². The van der Waals surface area contributed by atoms with Gasteiger partial charge in [0.05, 0.1) is 6.42 Å². The molecule has 2 aromatic rings. The van der Waals surface area contributed by atoms with E-state index in [2.05, 4.69) is 5.32 Å². The Morgan fingerprint density at radius 3 is 2.00 bits per heavy atom. The van der Waals surface area contributed by atoms with E-state index in [1.54, 1.807) is 24.3 Å². The van der Waals surface area contributed by atoms with Gasteiger partial charge >= 0.3 is 0 Å². The Balaban J connectivity index is 2.22. The molecule has 2 rings (SSSR count). The van der Waals surface area contributed by atoms with Gasteiger partial charge in [0.2, 0.25) is 11.8 Å². The molecule has 4 nitrogen and oxygen atoms in total. The minimum absolute atomic E-state index is 0.0558. The first-order valence-electron chi connectivity index (χ1n) is 10.0. The number of carbonyl (C=O) groups is 2. The fraction of sp³-hybridized carbons (Fsp3) is 0.391. The van der Waals surface area contributed by atoms with Gasteiger partial charge in [-0.15, -0.1) is 0 Å². The Hall–Kier alpha value is -2.76. The normalized spacial score (nSPS) is 11.7. The smallest absolute Gasteiger partial charge is 0.242 e. The van der Waals surface area contributed by atoms with Crippen LogP contribution in [0.2, 0.25) is 0 Å². The Morgan fingerprint density at radius 1 is 0.931 bits per heavy atom. The summed E-state index contributed by atoms with van der Waals surface area (Å²) in [7, 11) is 0. The predicted molar refractivity (Wildman–Crippen MR) is 109 cm³/mol. The highest BCUT2D eigenvalue weighted by Crippen LogP contribution is 2.15. The van der Waals surface area contributed by atoms with Crippen molar-refractivity contribution in [3.63, 3.8) is 0 Å². The van der Waals surface area contributed by atoms with Crippen molar-refractivity contribution in [2.45, 2.75) is 52.1 Å². The number of halogens is 2. The van der Waals surface area contributed by atoms with Crippen LogP contribution in [-0.4, -0.2) is 29.3 Å². The summed E-state index contributed by atoms with van der Waals surface area (Å²) in [6.45, 7) is 4.64. The molecule has 0 saturated heterocycles. The highest BCUT2D eigenvalue weighted by atomic mass is 19.1. The van der Waals surface area contributed by atoms with Gasteiger partial charge in [0.25, 0.3) is 0 Å². The van der Waals surface area contributed by atoms with Crippen LogP contribution in [0.5, 0.6) is 0 Å². The van der Waals surface area contributed by atoms with Gasteiger partial charge in [0, 0.05) is 13.1 Å². The second-order valence-corrected chi connectivity index (χ2v) is 7.02. The summed E-state index contributed by atoms with van der Waals surface area (Å²) in [5.74, 6) is -1.16. The molecule has 0 aliphatic carbocycles. The van der Waals surface area contributed by atoms with E-state index in [-0.39, 0.29) is 36.4 Å². The molecular weight excluding hydrogens is 374 g/mol. The van der Waals surface area contributed by atoms with Crippen molar-refractivity contribution in [1.82, 2.24) is 10.2 Å². The summed E-state index contributed by atoms with van der Waals surface area (Å²) in [4.78, 5) is 27.3. The zero-order chi connectivity index (χ0) is 21.2. The van der Waals surface area contributed by atoms with E-state index in [1.165, 1.54) is 29.2 Å². The Bertz CT molecular complexity index is 792. The highest BCUT2D eigenvalue weighted by Gasteiger charge is 2.28. The van der Waals surface area contributed by atoms with Gasteiger partial charge in [0.15, 0.2) is 0 Å². The molecule has 0 aliphatic heterocycles. The third-order valence-corrected chi connectivity index (χ3v) is 4.75. The molecular formula is C23H28F2N2O2. The lowest BCUT2D eigenvalue weighted by Crippen LogP contribution is -2.49. The van der Waals surface area contributed by atoms with Crippen LogP contribution in [0.25, 0.3) is 0 Å². The molecule has 2 amide bonds. The molecule has 0 fully saturated rings. The fourth-order valence-electron chi connectivity index (χ4n) is 3.09. The maximum atomic E-state index is 13.3. The van der Waals surface area contributed by atoms with Crippen LogP contribution in [0, 0.1) is 11.6 Å². The van der Waals surface area contributed by atoms with Gasteiger partial charge in [-0.1, -0.05) is 44.5 Å². The van der Waals surface area contributed by atoms with Gasteiger partial charge in [-0.2, -0.15) is 0 Å². The molecule has 156 valence electrons. The van der Waals surface area contributed by atoms with E-state index in [0.29, 0.717) is 18.5 Å². The van der Waals surface area contributed by atoms with Crippen molar-refractivity contribution in [3.05, 3.63) is 71.3 Å². The largest absolute Gasteiger partial charge is 0.354 e. The minimum Gasteiger partial charge on any atom is -0.354 e. The number of hydrogen-bond acceptors (Lipinski definition) is 2. The van der Waals surface area contributed by atoms with Crippen LogP contribution >= 0.6 is 0 Å². The van der Waals surface area contributed by atoms with E-state index in [0.717, 1.165) is 18.4 Å². The molecule has 6 heteroatoms. The van der Waals surface area contributed by atoms with E-state index < -0.39 is 6.04 Å². The molecule has 0 heterocycles. The second kappa shape index (κ2) is 11.3. The van der Waals surface area contributed by atoms with E-state index in [1.807, 2.05) is 13.8 Å². The van der Waals surface area contributed by atoms with Crippen molar-refractivity contribution >= 4 is 11.8 Å². The average molecular weight is 402 g/mol. The quantitative estimate of drug-likeness (QED) is 0.605. The van der Waals surface area contributed by atoms with Crippen LogP contribution in [0.3, 0.4) is 0 Å². The number of rotatable bonds is 10. The van der Waals surface area contributed by atoms with Crippen LogP contribution in [0.15, 0.2) is 48.5 Å². The summed E-state index contributed by atoms with van der Waals surface area (Å²) in [6, 6.07) is 11.0. The molecule has 0 saturated carbocycles. The molecule has 0 aliphatic rings. The Morgan fingerprint density at radius 2 is 1.48 bits per heavy atom. The first kappa shape index (κ1) is 22.5. The average Bonchev–Trinajstić information content (AvgIpc) is 2.71. The molecule has 1 N–H and O–H groups in total. The summed E-state index contributed by atoms with van der Waals surface area (Å²) >= 11 is 0. The van der Waals surface area contributed by atoms with Crippen molar-refractivity contribution in [2.24, 2.45) is 0 Å².